The normalized spacial score (nSPS) is 14.8. The van der Waals surface area contributed by atoms with Crippen LogP contribution in [0.4, 0.5) is 0 Å². The van der Waals surface area contributed by atoms with E-state index in [9.17, 15) is 33.9 Å². The first-order chi connectivity index (χ1) is 14.2. The number of aliphatic carboxylic acids is 2. The fourth-order valence-electron chi connectivity index (χ4n) is 2.40. The number of hydrogen-bond acceptors (Lipinski definition) is 7. The summed E-state index contributed by atoms with van der Waals surface area (Å²) in [6.45, 7) is 6.38. The Morgan fingerprint density at radius 2 is 1.19 bits per heavy atom. The fraction of sp³-hybridized carbons (Fsp3) is 0.667. The van der Waals surface area contributed by atoms with E-state index in [1.165, 1.54) is 13.8 Å². The third kappa shape index (κ3) is 9.89. The van der Waals surface area contributed by atoms with E-state index in [0.717, 1.165) is 0 Å². The van der Waals surface area contributed by atoms with Gasteiger partial charge in [0.1, 0.15) is 18.1 Å². The van der Waals surface area contributed by atoms with Gasteiger partial charge in [0, 0.05) is 0 Å². The van der Waals surface area contributed by atoms with Gasteiger partial charge in [-0.25, -0.2) is 4.79 Å². The molecule has 0 saturated carbocycles. The molecule has 0 aliphatic heterocycles. The lowest BCUT2D eigenvalue weighted by atomic mass is 10.0. The Labute approximate surface area is 179 Å². The van der Waals surface area contributed by atoms with Crippen molar-refractivity contribution in [2.24, 2.45) is 23.3 Å². The molecule has 0 aliphatic rings. The van der Waals surface area contributed by atoms with Crippen LogP contribution in [0.15, 0.2) is 0 Å². The molecular formula is C18H31N5O8. The number of hydrogen-bond donors (Lipinski definition) is 7. The maximum absolute atomic E-state index is 12.6. The van der Waals surface area contributed by atoms with Crippen molar-refractivity contribution in [2.45, 2.75) is 64.7 Å². The highest BCUT2D eigenvalue weighted by Gasteiger charge is 2.33. The molecule has 0 fully saturated rings. The number of rotatable bonds is 13. The zero-order chi connectivity index (χ0) is 24.5. The summed E-state index contributed by atoms with van der Waals surface area (Å²) in [5.74, 6) is -7.40. The van der Waals surface area contributed by atoms with Gasteiger partial charge in [-0.1, -0.05) is 27.7 Å². The SMILES string of the molecule is CC(C)C(N)C(=O)NC(CC(N)=O)C(=O)NC(CC(=O)O)C(=O)NC(C(=O)O)C(C)C. The number of nitrogens with one attached hydrogen (secondary N) is 3. The lowest BCUT2D eigenvalue weighted by Crippen LogP contribution is -2.58. The molecule has 0 aromatic heterocycles. The highest BCUT2D eigenvalue weighted by molar-refractivity contribution is 5.97. The Morgan fingerprint density at radius 1 is 0.742 bits per heavy atom. The molecule has 4 amide bonds. The summed E-state index contributed by atoms with van der Waals surface area (Å²) in [4.78, 5) is 70.9. The summed E-state index contributed by atoms with van der Waals surface area (Å²) in [6, 6.07) is -5.51. The minimum atomic E-state index is -1.67. The van der Waals surface area contributed by atoms with E-state index in [1.807, 2.05) is 0 Å². The van der Waals surface area contributed by atoms with Gasteiger partial charge in [-0.3, -0.25) is 24.0 Å². The van der Waals surface area contributed by atoms with Crippen LogP contribution in [0, 0.1) is 11.8 Å². The number of carbonyl (C=O) groups is 6. The molecule has 0 radical (unpaired) electrons. The quantitative estimate of drug-likeness (QED) is 0.159. The highest BCUT2D eigenvalue weighted by atomic mass is 16.4. The molecule has 4 unspecified atom stereocenters. The van der Waals surface area contributed by atoms with Gasteiger partial charge in [0.05, 0.1) is 18.9 Å². The first kappa shape index (κ1) is 27.8. The van der Waals surface area contributed by atoms with Crippen molar-refractivity contribution in [1.82, 2.24) is 16.0 Å². The van der Waals surface area contributed by atoms with Gasteiger partial charge in [0.25, 0.3) is 0 Å². The maximum atomic E-state index is 12.6. The zero-order valence-electron chi connectivity index (χ0n) is 17.9. The van der Waals surface area contributed by atoms with Crippen molar-refractivity contribution in [3.63, 3.8) is 0 Å². The lowest BCUT2D eigenvalue weighted by Gasteiger charge is -2.25. The molecule has 0 aromatic carbocycles. The third-order valence-corrected chi connectivity index (χ3v) is 4.30. The van der Waals surface area contributed by atoms with E-state index in [2.05, 4.69) is 16.0 Å². The van der Waals surface area contributed by atoms with Crippen molar-refractivity contribution in [2.75, 3.05) is 0 Å². The van der Waals surface area contributed by atoms with Crippen LogP contribution in [0.1, 0.15) is 40.5 Å². The van der Waals surface area contributed by atoms with Crippen LogP contribution >= 0.6 is 0 Å². The van der Waals surface area contributed by atoms with E-state index < -0.39 is 78.5 Å². The molecule has 0 aliphatic carbocycles. The molecule has 9 N–H and O–H groups in total. The number of carboxylic acid groups (broad SMARTS) is 2. The van der Waals surface area contributed by atoms with Crippen LogP contribution in [-0.2, 0) is 28.8 Å². The second kappa shape index (κ2) is 12.5. The lowest BCUT2D eigenvalue weighted by molar-refractivity contribution is -0.144. The number of nitrogens with two attached hydrogens (primary N) is 2. The Bertz CT molecular complexity index is 709. The second-order valence-electron chi connectivity index (χ2n) is 7.73. The van der Waals surface area contributed by atoms with Crippen LogP contribution in [-0.4, -0.2) is 69.9 Å². The Morgan fingerprint density at radius 3 is 1.58 bits per heavy atom. The van der Waals surface area contributed by atoms with Crippen LogP contribution in [0.3, 0.4) is 0 Å². The molecule has 0 saturated heterocycles. The minimum Gasteiger partial charge on any atom is -0.481 e. The van der Waals surface area contributed by atoms with Gasteiger partial charge in [-0.2, -0.15) is 0 Å². The first-order valence-corrected chi connectivity index (χ1v) is 9.56. The van der Waals surface area contributed by atoms with E-state index in [1.54, 1.807) is 13.8 Å². The molecule has 0 rings (SSSR count). The molecule has 176 valence electrons. The molecule has 13 nitrogen and oxygen atoms in total. The summed E-state index contributed by atoms with van der Waals surface area (Å²) < 4.78 is 0. The van der Waals surface area contributed by atoms with Crippen molar-refractivity contribution < 1.29 is 39.0 Å². The Hall–Kier alpha value is -3.22. The van der Waals surface area contributed by atoms with Crippen molar-refractivity contribution in [1.29, 1.82) is 0 Å². The maximum Gasteiger partial charge on any atom is 0.326 e. The number of amides is 4. The number of carboxylic acids is 2. The van der Waals surface area contributed by atoms with Crippen molar-refractivity contribution in [3.05, 3.63) is 0 Å². The van der Waals surface area contributed by atoms with E-state index in [4.69, 9.17) is 16.6 Å². The van der Waals surface area contributed by atoms with Gasteiger partial charge in [-0.05, 0) is 11.8 Å². The average molecular weight is 445 g/mol. The van der Waals surface area contributed by atoms with Crippen LogP contribution in [0.5, 0.6) is 0 Å². The van der Waals surface area contributed by atoms with Crippen molar-refractivity contribution >= 4 is 35.6 Å². The monoisotopic (exact) mass is 445 g/mol. The van der Waals surface area contributed by atoms with Gasteiger partial charge >= 0.3 is 11.9 Å². The molecule has 0 bridgehead atoms. The average Bonchev–Trinajstić information content (AvgIpc) is 2.62. The van der Waals surface area contributed by atoms with Gasteiger partial charge in [-0.15, -0.1) is 0 Å². The van der Waals surface area contributed by atoms with Gasteiger partial charge in [0.2, 0.25) is 23.6 Å². The predicted molar refractivity (Wildman–Crippen MR) is 107 cm³/mol. The topological polar surface area (TPSA) is 231 Å². The molecule has 13 heteroatoms. The van der Waals surface area contributed by atoms with Gasteiger partial charge < -0.3 is 37.6 Å². The second-order valence-corrected chi connectivity index (χ2v) is 7.73. The van der Waals surface area contributed by atoms with Crippen molar-refractivity contribution in [3.8, 4) is 0 Å². The van der Waals surface area contributed by atoms with E-state index in [0.29, 0.717) is 0 Å². The zero-order valence-corrected chi connectivity index (χ0v) is 17.9. The van der Waals surface area contributed by atoms with E-state index >= 15 is 0 Å². The highest BCUT2D eigenvalue weighted by Crippen LogP contribution is 2.05. The third-order valence-electron chi connectivity index (χ3n) is 4.30. The largest absolute Gasteiger partial charge is 0.481 e. The number of primary amides is 1. The number of carbonyl (C=O) groups excluding carboxylic acids is 4. The molecule has 4 atom stereocenters. The molecule has 0 aromatic rings. The fourth-order valence-corrected chi connectivity index (χ4v) is 2.40. The molecular weight excluding hydrogens is 414 g/mol. The molecule has 31 heavy (non-hydrogen) atoms. The Balaban J connectivity index is 5.56. The minimum absolute atomic E-state index is 0.285. The molecule has 0 heterocycles. The van der Waals surface area contributed by atoms with Crippen LogP contribution in [0.2, 0.25) is 0 Å². The van der Waals surface area contributed by atoms with Crippen LogP contribution in [0.25, 0.3) is 0 Å². The van der Waals surface area contributed by atoms with Crippen LogP contribution < -0.4 is 27.4 Å². The summed E-state index contributed by atoms with van der Waals surface area (Å²) in [7, 11) is 0. The summed E-state index contributed by atoms with van der Waals surface area (Å²) in [6.07, 6.45) is -1.50. The predicted octanol–water partition coefficient (Wildman–Crippen LogP) is -2.49. The summed E-state index contributed by atoms with van der Waals surface area (Å²) in [5, 5.41) is 24.8. The summed E-state index contributed by atoms with van der Waals surface area (Å²) in [5.41, 5.74) is 10.8. The first-order valence-electron chi connectivity index (χ1n) is 9.56. The smallest absolute Gasteiger partial charge is 0.326 e. The summed E-state index contributed by atoms with van der Waals surface area (Å²) >= 11 is 0. The standard InChI is InChI=1S/C18H31N5O8/c1-7(2)13(20)17(29)22-9(5-11(19)24)15(27)21-10(6-12(25)26)16(28)23-14(8(3)4)18(30)31/h7-10,13-14H,5-6,20H2,1-4H3,(H2,19,24)(H,21,27)(H,22,29)(H,23,28)(H,25,26)(H,30,31). The van der Waals surface area contributed by atoms with E-state index in [-0.39, 0.29) is 5.92 Å². The molecule has 0 spiro atoms. The van der Waals surface area contributed by atoms with Gasteiger partial charge in [0.15, 0.2) is 0 Å². The Kier molecular flexibility index (Phi) is 11.2.